The molecule has 0 aliphatic heterocycles. The zero-order chi connectivity index (χ0) is 21.8. The number of unbranched alkanes of at least 4 members (excludes halogenated alkanes) is 10. The molecule has 0 aliphatic rings. The lowest BCUT2D eigenvalue weighted by molar-refractivity contribution is -0.156. The summed E-state index contributed by atoms with van der Waals surface area (Å²) in [6.07, 6.45) is 14.9. The summed E-state index contributed by atoms with van der Waals surface area (Å²) in [6.45, 7) is 6.30. The number of ether oxygens (including phenoxy) is 2. The summed E-state index contributed by atoms with van der Waals surface area (Å²) in [6, 6.07) is 0. The summed E-state index contributed by atoms with van der Waals surface area (Å²) in [4.78, 5) is 24.0. The van der Waals surface area contributed by atoms with Crippen LogP contribution in [-0.2, 0) is 19.1 Å². The van der Waals surface area contributed by atoms with Gasteiger partial charge in [0, 0.05) is 12.8 Å². The number of hydrogen-bond donors (Lipinski definition) is 1. The molecule has 0 aromatic rings. The molecule has 172 valence electrons. The maximum absolute atomic E-state index is 12.0. The van der Waals surface area contributed by atoms with Crippen molar-refractivity contribution < 1.29 is 24.2 Å². The third-order valence-corrected chi connectivity index (χ3v) is 5.63. The second kappa shape index (κ2) is 18.9. The first-order valence-electron chi connectivity index (χ1n) is 12.0. The molecule has 0 aromatic carbocycles. The molecule has 5 heteroatoms. The first-order chi connectivity index (χ1) is 14.0. The number of aliphatic hydroxyl groups excluding tert-OH is 1. The number of aliphatic hydroxyl groups is 1. The van der Waals surface area contributed by atoms with Gasteiger partial charge < -0.3 is 14.6 Å². The first-order valence-corrected chi connectivity index (χ1v) is 12.0. The van der Waals surface area contributed by atoms with E-state index in [1.807, 2.05) is 6.92 Å². The van der Waals surface area contributed by atoms with Crippen LogP contribution in [-0.4, -0.2) is 36.9 Å². The monoisotopic (exact) mass is 414 g/mol. The fourth-order valence-electron chi connectivity index (χ4n) is 3.16. The third-order valence-electron chi connectivity index (χ3n) is 5.63. The van der Waals surface area contributed by atoms with Gasteiger partial charge in [0.15, 0.2) is 0 Å². The minimum absolute atomic E-state index is 0.0957. The number of esters is 2. The highest BCUT2D eigenvalue weighted by atomic mass is 16.5. The Morgan fingerprint density at radius 2 is 1.03 bits per heavy atom. The highest BCUT2D eigenvalue weighted by Gasteiger charge is 2.31. The Hall–Kier alpha value is -1.10. The van der Waals surface area contributed by atoms with Gasteiger partial charge in [0.1, 0.15) is 13.2 Å². The lowest BCUT2D eigenvalue weighted by Gasteiger charge is -2.29. The van der Waals surface area contributed by atoms with Gasteiger partial charge in [-0.15, -0.1) is 0 Å². The Kier molecular flexibility index (Phi) is 18.2. The Balaban J connectivity index is 4.05. The van der Waals surface area contributed by atoms with Crippen molar-refractivity contribution in [3.05, 3.63) is 0 Å². The van der Waals surface area contributed by atoms with E-state index in [1.165, 1.54) is 38.5 Å². The summed E-state index contributed by atoms with van der Waals surface area (Å²) >= 11 is 0. The largest absolute Gasteiger partial charge is 0.465 e. The molecule has 0 radical (unpaired) electrons. The highest BCUT2D eigenvalue weighted by Crippen LogP contribution is 2.23. The number of carbonyl (C=O) groups is 2. The van der Waals surface area contributed by atoms with Gasteiger partial charge in [-0.1, -0.05) is 85.0 Å². The smallest absolute Gasteiger partial charge is 0.305 e. The van der Waals surface area contributed by atoms with E-state index >= 15 is 0 Å². The molecule has 0 amide bonds. The molecular weight excluding hydrogens is 368 g/mol. The average Bonchev–Trinajstić information content (AvgIpc) is 2.73. The molecule has 0 aromatic heterocycles. The second-order valence-corrected chi connectivity index (χ2v) is 8.37. The van der Waals surface area contributed by atoms with E-state index in [-0.39, 0.29) is 31.8 Å². The molecule has 5 nitrogen and oxygen atoms in total. The quantitative estimate of drug-likeness (QED) is 0.196. The van der Waals surface area contributed by atoms with Crippen LogP contribution in [0.3, 0.4) is 0 Å². The molecule has 1 atom stereocenters. The van der Waals surface area contributed by atoms with Gasteiger partial charge in [-0.25, -0.2) is 0 Å². The highest BCUT2D eigenvalue weighted by molar-refractivity contribution is 5.69. The third kappa shape index (κ3) is 15.4. The van der Waals surface area contributed by atoms with Crippen molar-refractivity contribution in [2.45, 2.75) is 117 Å². The molecule has 0 aliphatic carbocycles. The fourth-order valence-corrected chi connectivity index (χ4v) is 3.16. The lowest BCUT2D eigenvalue weighted by Crippen LogP contribution is -2.37. The van der Waals surface area contributed by atoms with Crippen LogP contribution in [0, 0.1) is 5.41 Å². The summed E-state index contributed by atoms with van der Waals surface area (Å²) in [5, 5.41) is 9.81. The predicted molar refractivity (Wildman–Crippen MR) is 118 cm³/mol. The molecule has 1 unspecified atom stereocenters. The van der Waals surface area contributed by atoms with Gasteiger partial charge in [0.05, 0.1) is 12.0 Å². The maximum Gasteiger partial charge on any atom is 0.305 e. The normalized spacial score (nSPS) is 13.1. The minimum Gasteiger partial charge on any atom is -0.465 e. The molecule has 0 spiro atoms. The van der Waals surface area contributed by atoms with Crippen LogP contribution < -0.4 is 0 Å². The predicted octanol–water partition coefficient (Wildman–Crippen LogP) is 5.96. The summed E-state index contributed by atoms with van der Waals surface area (Å²) in [5.74, 6) is -0.464. The standard InChI is InChI=1S/C24H46O5/c1-4-7-9-11-12-14-16-18-23(27)29-21-24(6-3,19-25)20-28-22(26)17-15-13-10-8-5-2/h25H,4-21H2,1-3H3. The van der Waals surface area contributed by atoms with Crippen LogP contribution in [0.1, 0.15) is 117 Å². The zero-order valence-corrected chi connectivity index (χ0v) is 19.3. The van der Waals surface area contributed by atoms with Gasteiger partial charge in [0.2, 0.25) is 0 Å². The van der Waals surface area contributed by atoms with Crippen molar-refractivity contribution in [2.24, 2.45) is 5.41 Å². The molecule has 0 saturated carbocycles. The Labute approximate surface area is 178 Å². The van der Waals surface area contributed by atoms with Crippen LogP contribution in [0.4, 0.5) is 0 Å². The van der Waals surface area contributed by atoms with Crippen molar-refractivity contribution in [2.75, 3.05) is 19.8 Å². The van der Waals surface area contributed by atoms with Crippen molar-refractivity contribution in [3.8, 4) is 0 Å². The molecule has 0 saturated heterocycles. The molecule has 29 heavy (non-hydrogen) atoms. The van der Waals surface area contributed by atoms with Crippen molar-refractivity contribution >= 4 is 11.9 Å². The molecule has 1 N–H and O–H groups in total. The number of carbonyl (C=O) groups excluding carboxylic acids is 2. The van der Waals surface area contributed by atoms with E-state index in [0.29, 0.717) is 19.3 Å². The fraction of sp³-hybridized carbons (Fsp3) is 0.917. The number of hydrogen-bond acceptors (Lipinski definition) is 5. The molecule has 0 rings (SSSR count). The van der Waals surface area contributed by atoms with Crippen molar-refractivity contribution in [1.29, 1.82) is 0 Å². The zero-order valence-electron chi connectivity index (χ0n) is 19.3. The van der Waals surface area contributed by atoms with Gasteiger partial charge >= 0.3 is 11.9 Å². The lowest BCUT2D eigenvalue weighted by atomic mass is 9.88. The average molecular weight is 415 g/mol. The summed E-state index contributed by atoms with van der Waals surface area (Å²) < 4.78 is 10.8. The Morgan fingerprint density at radius 1 is 0.655 bits per heavy atom. The van der Waals surface area contributed by atoms with Gasteiger partial charge in [-0.3, -0.25) is 9.59 Å². The van der Waals surface area contributed by atoms with E-state index in [1.54, 1.807) is 0 Å². The minimum atomic E-state index is -0.701. The Morgan fingerprint density at radius 3 is 1.38 bits per heavy atom. The molecule has 0 bridgehead atoms. The molecular formula is C24H46O5. The van der Waals surface area contributed by atoms with Gasteiger partial charge in [-0.2, -0.15) is 0 Å². The summed E-state index contributed by atoms with van der Waals surface area (Å²) in [7, 11) is 0. The van der Waals surface area contributed by atoms with Crippen LogP contribution in [0.15, 0.2) is 0 Å². The second-order valence-electron chi connectivity index (χ2n) is 8.37. The topological polar surface area (TPSA) is 72.8 Å². The van der Waals surface area contributed by atoms with Gasteiger partial charge in [0.25, 0.3) is 0 Å². The maximum atomic E-state index is 12.0. The Bertz CT molecular complexity index is 404. The molecule has 0 heterocycles. The van der Waals surface area contributed by atoms with Crippen LogP contribution in [0.25, 0.3) is 0 Å². The van der Waals surface area contributed by atoms with Crippen LogP contribution in [0.2, 0.25) is 0 Å². The van der Waals surface area contributed by atoms with Crippen molar-refractivity contribution in [1.82, 2.24) is 0 Å². The van der Waals surface area contributed by atoms with Crippen LogP contribution in [0.5, 0.6) is 0 Å². The van der Waals surface area contributed by atoms with Gasteiger partial charge in [-0.05, 0) is 19.3 Å². The van der Waals surface area contributed by atoms with Crippen molar-refractivity contribution in [3.63, 3.8) is 0 Å². The summed E-state index contributed by atoms with van der Waals surface area (Å²) in [5.41, 5.74) is -0.701. The van der Waals surface area contributed by atoms with E-state index < -0.39 is 5.41 Å². The van der Waals surface area contributed by atoms with E-state index in [0.717, 1.165) is 38.5 Å². The SMILES string of the molecule is CCCCCCCCCC(=O)OCC(CC)(CO)COC(=O)CCCCCCC. The molecule has 0 fully saturated rings. The number of rotatable bonds is 20. The van der Waals surface area contributed by atoms with E-state index in [9.17, 15) is 14.7 Å². The van der Waals surface area contributed by atoms with E-state index in [2.05, 4.69) is 13.8 Å². The first kappa shape index (κ1) is 27.9. The van der Waals surface area contributed by atoms with E-state index in [4.69, 9.17) is 9.47 Å². The van der Waals surface area contributed by atoms with Crippen LogP contribution >= 0.6 is 0 Å².